The number of amides is 2. The summed E-state index contributed by atoms with van der Waals surface area (Å²) in [7, 11) is 1.55. The number of pyridine rings is 1. The van der Waals surface area contributed by atoms with Gasteiger partial charge in [0.1, 0.15) is 0 Å². The van der Waals surface area contributed by atoms with Gasteiger partial charge in [0, 0.05) is 20.2 Å². The van der Waals surface area contributed by atoms with Crippen LogP contribution < -0.4 is 16.0 Å². The monoisotopic (exact) mass is 366 g/mol. The molecule has 8 nitrogen and oxygen atoms in total. The van der Waals surface area contributed by atoms with Gasteiger partial charge >= 0.3 is 6.09 Å². The Morgan fingerprint density at radius 3 is 2.88 bits per heavy atom. The number of carbonyl (C=O) groups excluding carboxylic acids is 1. The van der Waals surface area contributed by atoms with E-state index in [-0.39, 0.29) is 12.3 Å². The summed E-state index contributed by atoms with van der Waals surface area (Å²) in [6.07, 6.45) is 2.44. The van der Waals surface area contributed by atoms with E-state index in [1.807, 2.05) is 11.4 Å². The maximum Gasteiger partial charge on any atom is 0.404 e. The third-order valence-corrected chi connectivity index (χ3v) is 4.38. The van der Waals surface area contributed by atoms with E-state index in [1.165, 1.54) is 0 Å². The van der Waals surface area contributed by atoms with E-state index in [2.05, 4.69) is 20.9 Å². The average molecular weight is 366 g/mol. The number of rotatable bonds is 10. The molecule has 0 aliphatic rings. The van der Waals surface area contributed by atoms with Crippen molar-refractivity contribution in [1.82, 2.24) is 10.3 Å². The lowest BCUT2D eigenvalue weighted by Gasteiger charge is -2.14. The number of methoxy groups -OCH3 is 1. The van der Waals surface area contributed by atoms with Gasteiger partial charge in [-0.05, 0) is 24.3 Å². The molecule has 2 aromatic heterocycles. The summed E-state index contributed by atoms with van der Waals surface area (Å²) >= 11 is 1.55. The van der Waals surface area contributed by atoms with E-state index >= 15 is 0 Å². The van der Waals surface area contributed by atoms with Crippen molar-refractivity contribution < 1.29 is 19.4 Å². The summed E-state index contributed by atoms with van der Waals surface area (Å²) in [5.41, 5.74) is 2.35. The zero-order valence-corrected chi connectivity index (χ0v) is 14.8. The summed E-state index contributed by atoms with van der Waals surface area (Å²) in [5, 5.41) is 19.0. The van der Waals surface area contributed by atoms with Crippen LogP contribution in [0.4, 0.5) is 16.2 Å². The van der Waals surface area contributed by atoms with Crippen LogP contribution in [0.2, 0.25) is 0 Å². The number of carbonyl (C=O) groups is 2. The third-order valence-electron chi connectivity index (χ3n) is 3.46. The van der Waals surface area contributed by atoms with Crippen molar-refractivity contribution in [1.29, 1.82) is 0 Å². The number of unbranched alkanes of at least 4 members (excludes halogenated alkanes) is 1. The standard InChI is InChI=1S/C16H22N4O4S/c1-24-8-4-13(21)20-12-10-19-11-5-9-25-15(11)14(12)17-6-2-3-7-18-16(22)23/h5,9-10,18H,2-4,6-8H2,1H3,(H,17,19)(H,20,21)(H,22,23). The molecule has 0 spiro atoms. The Kier molecular flexibility index (Phi) is 7.42. The highest BCUT2D eigenvalue weighted by Crippen LogP contribution is 2.33. The molecule has 0 aliphatic carbocycles. The number of ether oxygens (including phenoxy) is 1. The molecule has 0 aromatic carbocycles. The first kappa shape index (κ1) is 18.9. The van der Waals surface area contributed by atoms with Crippen LogP contribution in [0.3, 0.4) is 0 Å². The zero-order valence-electron chi connectivity index (χ0n) is 14.0. The van der Waals surface area contributed by atoms with Gasteiger partial charge in [0.05, 0.1) is 40.8 Å². The average Bonchev–Trinajstić information content (AvgIpc) is 3.06. The number of hydrogen-bond acceptors (Lipinski definition) is 6. The number of thiophene rings is 1. The second kappa shape index (κ2) is 9.80. The first-order chi connectivity index (χ1) is 12.1. The molecule has 0 atom stereocenters. The van der Waals surface area contributed by atoms with Gasteiger partial charge in [-0.25, -0.2) is 4.79 Å². The van der Waals surface area contributed by atoms with Crippen molar-refractivity contribution >= 4 is 44.9 Å². The number of hydrogen-bond donors (Lipinski definition) is 4. The summed E-state index contributed by atoms with van der Waals surface area (Å²) in [6, 6.07) is 1.93. The van der Waals surface area contributed by atoms with Gasteiger partial charge in [0.15, 0.2) is 0 Å². The maximum absolute atomic E-state index is 12.0. The molecule has 2 aromatic rings. The second-order valence-corrected chi connectivity index (χ2v) is 6.25. The Morgan fingerprint density at radius 2 is 2.12 bits per heavy atom. The van der Waals surface area contributed by atoms with Gasteiger partial charge in [0.2, 0.25) is 5.91 Å². The molecule has 2 rings (SSSR count). The van der Waals surface area contributed by atoms with E-state index in [0.717, 1.165) is 28.7 Å². The fraction of sp³-hybridized carbons (Fsp3) is 0.438. The molecule has 0 bridgehead atoms. The van der Waals surface area contributed by atoms with Crippen LogP contribution in [-0.4, -0.2) is 48.9 Å². The van der Waals surface area contributed by atoms with Crippen molar-refractivity contribution in [2.45, 2.75) is 19.3 Å². The lowest BCUT2D eigenvalue weighted by atomic mass is 10.2. The fourth-order valence-electron chi connectivity index (χ4n) is 2.25. The molecule has 0 aliphatic heterocycles. The highest BCUT2D eigenvalue weighted by Gasteiger charge is 2.12. The van der Waals surface area contributed by atoms with E-state index in [0.29, 0.717) is 25.4 Å². The number of fused-ring (bicyclic) bond motifs is 1. The first-order valence-electron chi connectivity index (χ1n) is 7.97. The van der Waals surface area contributed by atoms with Crippen molar-refractivity contribution in [3.05, 3.63) is 17.6 Å². The molecule has 9 heteroatoms. The highest BCUT2D eigenvalue weighted by molar-refractivity contribution is 7.17. The van der Waals surface area contributed by atoms with E-state index in [1.54, 1.807) is 24.6 Å². The topological polar surface area (TPSA) is 113 Å². The van der Waals surface area contributed by atoms with Gasteiger partial charge in [-0.2, -0.15) is 0 Å². The second-order valence-electron chi connectivity index (χ2n) is 5.34. The van der Waals surface area contributed by atoms with E-state index < -0.39 is 6.09 Å². The summed E-state index contributed by atoms with van der Waals surface area (Å²) in [4.78, 5) is 26.7. The van der Waals surface area contributed by atoms with E-state index in [9.17, 15) is 9.59 Å². The maximum atomic E-state index is 12.0. The lowest BCUT2D eigenvalue weighted by molar-refractivity contribution is -0.117. The molecule has 0 radical (unpaired) electrons. The van der Waals surface area contributed by atoms with Crippen LogP contribution in [0, 0.1) is 0 Å². The van der Waals surface area contributed by atoms with Crippen molar-refractivity contribution in [3.63, 3.8) is 0 Å². The minimum Gasteiger partial charge on any atom is -0.465 e. The van der Waals surface area contributed by atoms with Gasteiger partial charge in [-0.1, -0.05) is 0 Å². The highest BCUT2D eigenvalue weighted by atomic mass is 32.1. The van der Waals surface area contributed by atoms with Crippen LogP contribution >= 0.6 is 11.3 Å². The first-order valence-corrected chi connectivity index (χ1v) is 8.85. The zero-order chi connectivity index (χ0) is 18.1. The van der Waals surface area contributed by atoms with Crippen molar-refractivity contribution in [2.24, 2.45) is 0 Å². The van der Waals surface area contributed by atoms with Crippen LogP contribution in [0.15, 0.2) is 17.6 Å². The molecular weight excluding hydrogens is 344 g/mol. The Morgan fingerprint density at radius 1 is 1.32 bits per heavy atom. The van der Waals surface area contributed by atoms with Crippen LogP contribution in [-0.2, 0) is 9.53 Å². The van der Waals surface area contributed by atoms with Crippen molar-refractivity contribution in [2.75, 3.05) is 37.4 Å². The molecule has 2 heterocycles. The predicted molar refractivity (Wildman–Crippen MR) is 98.5 cm³/mol. The Labute approximate surface area is 149 Å². The van der Waals surface area contributed by atoms with Crippen LogP contribution in [0.5, 0.6) is 0 Å². The quantitative estimate of drug-likeness (QED) is 0.481. The predicted octanol–water partition coefficient (Wildman–Crippen LogP) is 2.73. The molecule has 4 N–H and O–H groups in total. The number of aromatic nitrogens is 1. The van der Waals surface area contributed by atoms with Crippen LogP contribution in [0.1, 0.15) is 19.3 Å². The van der Waals surface area contributed by atoms with Crippen molar-refractivity contribution in [3.8, 4) is 0 Å². The van der Waals surface area contributed by atoms with Gasteiger partial charge < -0.3 is 25.8 Å². The number of nitrogens with one attached hydrogen (secondary N) is 3. The molecule has 0 fully saturated rings. The molecule has 2 amide bonds. The lowest BCUT2D eigenvalue weighted by Crippen LogP contribution is -2.22. The minimum atomic E-state index is -1.01. The molecule has 136 valence electrons. The Hall–Kier alpha value is -2.39. The fourth-order valence-corrected chi connectivity index (χ4v) is 3.12. The van der Waals surface area contributed by atoms with Gasteiger partial charge in [-0.3, -0.25) is 9.78 Å². The summed E-state index contributed by atoms with van der Waals surface area (Å²) in [6.45, 7) is 1.45. The SMILES string of the molecule is COCCC(=O)Nc1cnc2ccsc2c1NCCCCNC(=O)O. The molecule has 0 saturated carbocycles. The van der Waals surface area contributed by atoms with Crippen LogP contribution in [0.25, 0.3) is 10.2 Å². The Balaban J connectivity index is 1.99. The smallest absolute Gasteiger partial charge is 0.404 e. The molecule has 0 unspecified atom stereocenters. The minimum absolute atomic E-state index is 0.131. The molecule has 0 saturated heterocycles. The number of carboxylic acid groups (broad SMARTS) is 1. The van der Waals surface area contributed by atoms with E-state index in [4.69, 9.17) is 9.84 Å². The largest absolute Gasteiger partial charge is 0.465 e. The third kappa shape index (κ3) is 5.87. The normalized spacial score (nSPS) is 10.6. The summed E-state index contributed by atoms with van der Waals surface area (Å²) in [5.74, 6) is -0.131. The van der Waals surface area contributed by atoms with Gasteiger partial charge in [-0.15, -0.1) is 11.3 Å². The number of nitrogens with zero attached hydrogens (tertiary/aromatic N) is 1. The molecular formula is C16H22N4O4S. The molecule has 25 heavy (non-hydrogen) atoms. The Bertz CT molecular complexity index is 719. The van der Waals surface area contributed by atoms with Gasteiger partial charge in [0.25, 0.3) is 0 Å². The number of anilines is 2. The summed E-state index contributed by atoms with van der Waals surface area (Å²) < 4.78 is 5.90.